The van der Waals surface area contributed by atoms with Gasteiger partial charge in [0.15, 0.2) is 0 Å². The van der Waals surface area contributed by atoms with Crippen LogP contribution < -0.4 is 4.90 Å². The highest BCUT2D eigenvalue weighted by Crippen LogP contribution is 2.48. The van der Waals surface area contributed by atoms with Crippen molar-refractivity contribution < 1.29 is 4.74 Å². The van der Waals surface area contributed by atoms with Gasteiger partial charge in [-0.25, -0.2) is 9.97 Å². The van der Waals surface area contributed by atoms with Gasteiger partial charge in [0.2, 0.25) is 5.95 Å². The van der Waals surface area contributed by atoms with Crippen LogP contribution in [0.5, 0.6) is 0 Å². The van der Waals surface area contributed by atoms with E-state index >= 15 is 0 Å². The van der Waals surface area contributed by atoms with Crippen molar-refractivity contribution in [1.82, 2.24) is 9.97 Å². The van der Waals surface area contributed by atoms with Crippen LogP contribution in [-0.2, 0) is 10.2 Å². The molecule has 0 radical (unpaired) electrons. The molecule has 0 amide bonds. The lowest BCUT2D eigenvalue weighted by Gasteiger charge is -2.34. The molecule has 2 aliphatic heterocycles. The number of rotatable bonds is 1. The van der Waals surface area contributed by atoms with Crippen LogP contribution in [0.4, 0.5) is 11.6 Å². The van der Waals surface area contributed by atoms with E-state index in [1.807, 2.05) is 6.07 Å². The van der Waals surface area contributed by atoms with Crippen molar-refractivity contribution in [2.75, 3.05) is 24.7 Å². The van der Waals surface area contributed by atoms with Crippen molar-refractivity contribution in [3.63, 3.8) is 0 Å². The number of para-hydroxylation sites is 1. The summed E-state index contributed by atoms with van der Waals surface area (Å²) in [7, 11) is 0. The summed E-state index contributed by atoms with van der Waals surface area (Å²) in [6.45, 7) is 2.44. The van der Waals surface area contributed by atoms with E-state index in [9.17, 15) is 0 Å². The van der Waals surface area contributed by atoms with E-state index in [2.05, 4.69) is 39.1 Å². The second-order valence-electron chi connectivity index (χ2n) is 5.85. The molecule has 0 unspecified atom stereocenters. The van der Waals surface area contributed by atoms with Crippen LogP contribution in [0.2, 0.25) is 0 Å². The third-order valence-electron chi connectivity index (χ3n) is 4.68. The lowest BCUT2D eigenvalue weighted by molar-refractivity contribution is 0.0557. The van der Waals surface area contributed by atoms with E-state index in [1.165, 1.54) is 5.56 Å². The minimum absolute atomic E-state index is 0.112. The van der Waals surface area contributed by atoms with Gasteiger partial charge < -0.3 is 9.64 Å². The molecular formula is C17H16N4O. The Morgan fingerprint density at radius 3 is 2.82 bits per heavy atom. The molecule has 1 saturated heterocycles. The zero-order chi connectivity index (χ0) is 15.0. The molecule has 1 spiro atoms. The predicted octanol–water partition coefficient (Wildman–Crippen LogP) is 2.55. The van der Waals surface area contributed by atoms with E-state index in [0.29, 0.717) is 11.6 Å². The number of ether oxygens (including phenoxy) is 1. The molecule has 1 aromatic heterocycles. The summed E-state index contributed by atoms with van der Waals surface area (Å²) in [4.78, 5) is 10.9. The maximum absolute atomic E-state index is 9.07. The molecule has 1 fully saturated rings. The summed E-state index contributed by atoms with van der Waals surface area (Å²) in [6, 6.07) is 12.2. The Hall–Kier alpha value is -2.45. The third-order valence-corrected chi connectivity index (χ3v) is 4.68. The molecule has 0 bridgehead atoms. The van der Waals surface area contributed by atoms with Crippen molar-refractivity contribution in [2.24, 2.45) is 0 Å². The molecule has 0 atom stereocenters. The fourth-order valence-corrected chi connectivity index (χ4v) is 3.54. The van der Waals surface area contributed by atoms with Crippen molar-refractivity contribution in [3.8, 4) is 6.07 Å². The smallest absolute Gasteiger partial charge is 0.231 e. The van der Waals surface area contributed by atoms with Crippen LogP contribution in [0.15, 0.2) is 36.5 Å². The quantitative estimate of drug-likeness (QED) is 0.808. The summed E-state index contributed by atoms with van der Waals surface area (Å²) < 4.78 is 5.56. The van der Waals surface area contributed by atoms with Crippen LogP contribution >= 0.6 is 0 Å². The van der Waals surface area contributed by atoms with Gasteiger partial charge in [0.25, 0.3) is 0 Å². The van der Waals surface area contributed by atoms with Crippen molar-refractivity contribution in [1.29, 1.82) is 5.26 Å². The zero-order valence-electron chi connectivity index (χ0n) is 12.2. The van der Waals surface area contributed by atoms with E-state index in [4.69, 9.17) is 10.00 Å². The molecular weight excluding hydrogens is 276 g/mol. The molecule has 0 aliphatic carbocycles. The van der Waals surface area contributed by atoms with Crippen molar-refractivity contribution >= 4 is 11.6 Å². The van der Waals surface area contributed by atoms with Crippen molar-refractivity contribution in [2.45, 2.75) is 18.3 Å². The summed E-state index contributed by atoms with van der Waals surface area (Å²) in [5.74, 6) is 0.606. The van der Waals surface area contributed by atoms with Gasteiger partial charge in [-0.15, -0.1) is 0 Å². The summed E-state index contributed by atoms with van der Waals surface area (Å²) >= 11 is 0. The molecule has 4 rings (SSSR count). The normalized spacial score (nSPS) is 19.0. The molecule has 5 nitrogen and oxygen atoms in total. The largest absolute Gasteiger partial charge is 0.381 e. The average Bonchev–Trinajstić information content (AvgIpc) is 2.90. The van der Waals surface area contributed by atoms with Crippen LogP contribution in [0.3, 0.4) is 0 Å². The Morgan fingerprint density at radius 2 is 2.00 bits per heavy atom. The summed E-state index contributed by atoms with van der Waals surface area (Å²) in [5.41, 5.74) is 3.01. The number of fused-ring (bicyclic) bond motifs is 2. The number of hydrogen-bond donors (Lipinski definition) is 0. The second-order valence-corrected chi connectivity index (χ2v) is 5.85. The number of aromatic nitrogens is 2. The highest BCUT2D eigenvalue weighted by atomic mass is 16.5. The highest BCUT2D eigenvalue weighted by molar-refractivity contribution is 5.69. The number of hydrogen-bond acceptors (Lipinski definition) is 5. The third kappa shape index (κ3) is 1.96. The zero-order valence-corrected chi connectivity index (χ0v) is 12.2. The number of benzene rings is 1. The lowest BCUT2D eigenvalue weighted by atomic mass is 9.76. The van der Waals surface area contributed by atoms with Crippen molar-refractivity contribution in [3.05, 3.63) is 47.8 Å². The lowest BCUT2D eigenvalue weighted by Crippen LogP contribution is -2.37. The van der Waals surface area contributed by atoms with Gasteiger partial charge in [-0.05, 0) is 30.5 Å². The highest BCUT2D eigenvalue weighted by Gasteiger charge is 2.44. The van der Waals surface area contributed by atoms with Crippen LogP contribution in [0.25, 0.3) is 0 Å². The minimum atomic E-state index is 0.112. The summed E-state index contributed by atoms with van der Waals surface area (Å²) in [6.07, 6.45) is 3.68. The van der Waals surface area contributed by atoms with Gasteiger partial charge in [0.1, 0.15) is 11.8 Å². The van der Waals surface area contributed by atoms with E-state index in [-0.39, 0.29) is 5.41 Å². The Balaban J connectivity index is 1.80. The Labute approximate surface area is 129 Å². The van der Waals surface area contributed by atoms with Gasteiger partial charge in [-0.2, -0.15) is 5.26 Å². The molecule has 0 N–H and O–H groups in total. The molecule has 1 aromatic carbocycles. The first-order chi connectivity index (χ1) is 10.8. The molecule has 2 aliphatic rings. The molecule has 22 heavy (non-hydrogen) atoms. The van der Waals surface area contributed by atoms with Crippen LogP contribution in [-0.4, -0.2) is 29.7 Å². The molecule has 110 valence electrons. The first kappa shape index (κ1) is 13.2. The topological polar surface area (TPSA) is 62.0 Å². The van der Waals surface area contributed by atoms with Gasteiger partial charge >= 0.3 is 0 Å². The Morgan fingerprint density at radius 1 is 1.18 bits per heavy atom. The Bertz CT molecular complexity index is 746. The van der Waals surface area contributed by atoms with E-state index in [0.717, 1.165) is 38.3 Å². The number of anilines is 2. The van der Waals surface area contributed by atoms with Gasteiger partial charge in [0, 0.05) is 37.1 Å². The van der Waals surface area contributed by atoms with Crippen LogP contribution in [0.1, 0.15) is 24.1 Å². The Kier molecular flexibility index (Phi) is 3.05. The fourth-order valence-electron chi connectivity index (χ4n) is 3.54. The van der Waals surface area contributed by atoms with Gasteiger partial charge in [-0.1, -0.05) is 18.2 Å². The first-order valence-corrected chi connectivity index (χ1v) is 7.50. The minimum Gasteiger partial charge on any atom is -0.381 e. The van der Waals surface area contributed by atoms with Gasteiger partial charge in [-0.3, -0.25) is 0 Å². The van der Waals surface area contributed by atoms with Gasteiger partial charge in [0.05, 0.1) is 0 Å². The van der Waals surface area contributed by atoms with E-state index in [1.54, 1.807) is 12.3 Å². The first-order valence-electron chi connectivity index (χ1n) is 7.50. The molecule has 3 heterocycles. The van der Waals surface area contributed by atoms with Crippen LogP contribution in [0, 0.1) is 11.3 Å². The molecule has 5 heteroatoms. The maximum Gasteiger partial charge on any atom is 0.231 e. The molecule has 0 saturated carbocycles. The van der Waals surface area contributed by atoms with E-state index < -0.39 is 0 Å². The molecule has 2 aromatic rings. The second kappa shape index (κ2) is 5.08. The maximum atomic E-state index is 9.07. The average molecular weight is 292 g/mol. The number of nitrogens with zero attached hydrogens (tertiary/aromatic N) is 4. The monoisotopic (exact) mass is 292 g/mol. The predicted molar refractivity (Wildman–Crippen MR) is 81.9 cm³/mol. The standard InChI is InChI=1S/C17H16N4O/c18-11-13-5-8-19-16(20-13)21-12-17(6-9-22-10-7-17)14-3-1-2-4-15(14)21/h1-5,8H,6-7,9-10,12H2. The number of nitriles is 1. The summed E-state index contributed by atoms with van der Waals surface area (Å²) in [5, 5.41) is 9.07. The SMILES string of the molecule is N#Cc1ccnc(N2CC3(CCOCC3)c3ccccc32)n1. The fraction of sp³-hybridized carbons (Fsp3) is 0.353.